The molecule has 0 radical (unpaired) electrons. The molecule has 1 aromatic heterocycles. The summed E-state index contributed by atoms with van der Waals surface area (Å²) in [5, 5.41) is 1.96. The van der Waals surface area contributed by atoms with Gasteiger partial charge < -0.3 is 5.73 Å². The Balaban J connectivity index is 2.83. The second kappa shape index (κ2) is 6.72. The minimum Gasteiger partial charge on any atom is -0.326 e. The van der Waals surface area contributed by atoms with Gasteiger partial charge in [0.1, 0.15) is 0 Å². The van der Waals surface area contributed by atoms with E-state index in [-0.39, 0.29) is 18.6 Å². The molecule has 0 saturated carbocycles. The molecule has 0 bridgehead atoms. The van der Waals surface area contributed by atoms with Crippen LogP contribution in [0.3, 0.4) is 0 Å². The van der Waals surface area contributed by atoms with E-state index in [2.05, 4.69) is 0 Å². The van der Waals surface area contributed by atoms with Crippen LogP contribution in [0.25, 0.3) is 0 Å². The van der Waals surface area contributed by atoms with Gasteiger partial charge in [0.05, 0.1) is 12.5 Å². The van der Waals surface area contributed by atoms with E-state index in [0.29, 0.717) is 0 Å². The number of likely N-dealkylation sites (N-methyl/N-ethyl adjacent to an activating group) is 1. The highest BCUT2D eigenvalue weighted by Crippen LogP contribution is 2.32. The number of alkyl halides is 3. The van der Waals surface area contributed by atoms with Crippen LogP contribution in [0.5, 0.6) is 0 Å². The van der Waals surface area contributed by atoms with Crippen LogP contribution in [0.4, 0.5) is 13.2 Å². The lowest BCUT2D eigenvalue weighted by atomic mass is 10.0. The van der Waals surface area contributed by atoms with Crippen LogP contribution in [-0.4, -0.2) is 30.7 Å². The molecule has 2 N–H and O–H groups in total. The minimum atomic E-state index is -4.13. The molecule has 0 saturated heterocycles. The van der Waals surface area contributed by atoms with Gasteiger partial charge in [-0.2, -0.15) is 13.2 Å². The summed E-state index contributed by atoms with van der Waals surface area (Å²) in [6.07, 6.45) is -4.20. The fourth-order valence-electron chi connectivity index (χ4n) is 2.07. The Morgan fingerprint density at radius 3 is 2.47 bits per heavy atom. The van der Waals surface area contributed by atoms with Gasteiger partial charge in [0.25, 0.3) is 0 Å². The molecule has 0 aromatic carbocycles. The van der Waals surface area contributed by atoms with Gasteiger partial charge in [-0.05, 0) is 37.4 Å². The van der Waals surface area contributed by atoms with Crippen molar-refractivity contribution in [3.05, 3.63) is 21.9 Å². The van der Waals surface area contributed by atoms with Crippen LogP contribution in [-0.2, 0) is 0 Å². The van der Waals surface area contributed by atoms with E-state index in [9.17, 15) is 13.2 Å². The minimum absolute atomic E-state index is 0.0286. The molecule has 0 fully saturated rings. The summed E-state index contributed by atoms with van der Waals surface area (Å²) in [5.41, 5.74) is 7.20. The Labute approximate surface area is 116 Å². The SMILES string of the molecule is CCC(N)C(c1sccc1C)N(C)CCC(F)(F)F. The van der Waals surface area contributed by atoms with E-state index in [1.807, 2.05) is 25.3 Å². The van der Waals surface area contributed by atoms with E-state index in [0.717, 1.165) is 16.9 Å². The number of aryl methyl sites for hydroxylation is 1. The van der Waals surface area contributed by atoms with E-state index in [1.54, 1.807) is 23.3 Å². The Kier molecular flexibility index (Phi) is 5.82. The first-order valence-electron chi connectivity index (χ1n) is 6.32. The van der Waals surface area contributed by atoms with Crippen molar-refractivity contribution in [3.8, 4) is 0 Å². The molecule has 0 spiro atoms. The first-order valence-corrected chi connectivity index (χ1v) is 7.20. The number of rotatable bonds is 6. The van der Waals surface area contributed by atoms with Gasteiger partial charge >= 0.3 is 6.18 Å². The van der Waals surface area contributed by atoms with Crippen LogP contribution in [0.15, 0.2) is 11.4 Å². The van der Waals surface area contributed by atoms with Crippen LogP contribution in [0.1, 0.15) is 36.2 Å². The molecule has 19 heavy (non-hydrogen) atoms. The predicted octanol–water partition coefficient (Wildman–Crippen LogP) is 3.72. The van der Waals surface area contributed by atoms with Crippen molar-refractivity contribution in [2.75, 3.05) is 13.6 Å². The van der Waals surface area contributed by atoms with E-state index in [1.165, 1.54) is 0 Å². The van der Waals surface area contributed by atoms with Gasteiger partial charge in [-0.3, -0.25) is 4.90 Å². The van der Waals surface area contributed by atoms with Crippen molar-refractivity contribution in [1.82, 2.24) is 4.90 Å². The van der Waals surface area contributed by atoms with E-state index >= 15 is 0 Å². The Hall–Kier alpha value is -0.590. The first-order chi connectivity index (χ1) is 8.76. The van der Waals surface area contributed by atoms with Crippen molar-refractivity contribution >= 4 is 11.3 Å². The van der Waals surface area contributed by atoms with E-state index in [4.69, 9.17) is 5.73 Å². The fourth-order valence-corrected chi connectivity index (χ4v) is 3.24. The summed E-state index contributed by atoms with van der Waals surface area (Å²) >= 11 is 1.56. The molecular weight excluding hydrogens is 273 g/mol. The molecule has 2 nitrogen and oxygen atoms in total. The molecule has 1 heterocycles. The van der Waals surface area contributed by atoms with Gasteiger partial charge in [0.15, 0.2) is 0 Å². The molecule has 0 amide bonds. The molecule has 6 heteroatoms. The zero-order valence-electron chi connectivity index (χ0n) is 11.5. The number of hydrogen-bond donors (Lipinski definition) is 1. The molecule has 1 aromatic rings. The first kappa shape index (κ1) is 16.5. The number of thiophene rings is 1. The number of halogens is 3. The molecule has 0 aliphatic rings. The lowest BCUT2D eigenvalue weighted by Gasteiger charge is -2.32. The van der Waals surface area contributed by atoms with Crippen LogP contribution in [0, 0.1) is 6.92 Å². The monoisotopic (exact) mass is 294 g/mol. The summed E-state index contributed by atoms with van der Waals surface area (Å²) in [6, 6.07) is 1.68. The smallest absolute Gasteiger partial charge is 0.326 e. The molecule has 2 unspecified atom stereocenters. The second-order valence-electron chi connectivity index (χ2n) is 4.83. The third-order valence-electron chi connectivity index (χ3n) is 3.27. The van der Waals surface area contributed by atoms with Crippen LogP contribution in [0.2, 0.25) is 0 Å². The van der Waals surface area contributed by atoms with Gasteiger partial charge in [0, 0.05) is 17.5 Å². The maximum Gasteiger partial charge on any atom is 0.390 e. The highest BCUT2D eigenvalue weighted by Gasteiger charge is 2.31. The highest BCUT2D eigenvalue weighted by atomic mass is 32.1. The molecule has 110 valence electrons. The number of nitrogens with zero attached hydrogens (tertiary/aromatic N) is 1. The Bertz CT molecular complexity index is 389. The third-order valence-corrected chi connectivity index (χ3v) is 4.36. The van der Waals surface area contributed by atoms with Gasteiger partial charge in [0.2, 0.25) is 0 Å². The molecule has 2 atom stereocenters. The molecular formula is C13H21F3N2S. The average Bonchev–Trinajstić information content (AvgIpc) is 2.72. The average molecular weight is 294 g/mol. The predicted molar refractivity (Wildman–Crippen MR) is 73.4 cm³/mol. The van der Waals surface area contributed by atoms with E-state index < -0.39 is 12.6 Å². The summed E-state index contributed by atoms with van der Waals surface area (Å²) < 4.78 is 37.0. The van der Waals surface area contributed by atoms with Crippen molar-refractivity contribution in [1.29, 1.82) is 0 Å². The largest absolute Gasteiger partial charge is 0.390 e. The zero-order valence-corrected chi connectivity index (χ0v) is 12.3. The summed E-state index contributed by atoms with van der Waals surface area (Å²) in [5.74, 6) is 0. The van der Waals surface area contributed by atoms with Crippen molar-refractivity contribution in [2.24, 2.45) is 5.73 Å². The normalized spacial score (nSPS) is 15.8. The van der Waals surface area contributed by atoms with Crippen LogP contribution >= 0.6 is 11.3 Å². The second-order valence-corrected chi connectivity index (χ2v) is 5.78. The van der Waals surface area contributed by atoms with Crippen molar-refractivity contribution < 1.29 is 13.2 Å². The number of nitrogens with two attached hydrogens (primary N) is 1. The zero-order chi connectivity index (χ0) is 14.6. The quantitative estimate of drug-likeness (QED) is 0.866. The van der Waals surface area contributed by atoms with Crippen molar-refractivity contribution in [2.45, 2.75) is 44.9 Å². The van der Waals surface area contributed by atoms with Gasteiger partial charge in [-0.25, -0.2) is 0 Å². The van der Waals surface area contributed by atoms with Gasteiger partial charge in [-0.1, -0.05) is 6.92 Å². The molecule has 0 aliphatic heterocycles. The lowest BCUT2D eigenvalue weighted by molar-refractivity contribution is -0.138. The summed E-state index contributed by atoms with van der Waals surface area (Å²) in [7, 11) is 1.71. The summed E-state index contributed by atoms with van der Waals surface area (Å²) in [4.78, 5) is 2.79. The maximum atomic E-state index is 12.3. The topological polar surface area (TPSA) is 29.3 Å². The molecule has 1 rings (SSSR count). The number of hydrogen-bond acceptors (Lipinski definition) is 3. The molecule has 0 aliphatic carbocycles. The summed E-state index contributed by atoms with van der Waals surface area (Å²) in [6.45, 7) is 3.90. The van der Waals surface area contributed by atoms with Crippen LogP contribution < -0.4 is 5.73 Å². The maximum absolute atomic E-state index is 12.3. The third kappa shape index (κ3) is 4.78. The Morgan fingerprint density at radius 2 is 2.05 bits per heavy atom. The lowest BCUT2D eigenvalue weighted by Crippen LogP contribution is -2.40. The standard InChI is InChI=1S/C13H21F3N2S/c1-4-10(17)11(12-9(2)5-8-19-12)18(3)7-6-13(14,15)16/h5,8,10-11H,4,6-7,17H2,1-3H3. The van der Waals surface area contributed by atoms with Gasteiger partial charge in [-0.15, -0.1) is 11.3 Å². The fraction of sp³-hybridized carbons (Fsp3) is 0.692. The Morgan fingerprint density at radius 1 is 1.42 bits per heavy atom. The highest BCUT2D eigenvalue weighted by molar-refractivity contribution is 7.10. The van der Waals surface area contributed by atoms with Crippen molar-refractivity contribution in [3.63, 3.8) is 0 Å².